The zero-order valence-electron chi connectivity index (χ0n) is 7.78. The first-order valence-electron chi connectivity index (χ1n) is 3.86. The van der Waals surface area contributed by atoms with Crippen molar-refractivity contribution in [3.05, 3.63) is 23.3 Å². The standard InChI is InChI=1S/C8H5F6NO/c1-16-3-2-15-7(11)4(6(9)10)5(3)8(12,13)14/h2,6H,1H3. The first kappa shape index (κ1) is 12.6. The molecule has 0 unspecified atom stereocenters. The molecule has 8 heteroatoms. The summed E-state index contributed by atoms with van der Waals surface area (Å²) in [6.45, 7) is 0. The number of ether oxygens (including phenoxy) is 1. The quantitative estimate of drug-likeness (QED) is 0.589. The highest BCUT2D eigenvalue weighted by Gasteiger charge is 2.41. The Bertz CT molecular complexity index is 389. The van der Waals surface area contributed by atoms with Crippen LogP contribution in [-0.2, 0) is 6.18 Å². The molecule has 90 valence electrons. The van der Waals surface area contributed by atoms with Crippen LogP contribution in [0.4, 0.5) is 26.3 Å². The van der Waals surface area contributed by atoms with Crippen molar-refractivity contribution in [2.24, 2.45) is 0 Å². The molecule has 2 nitrogen and oxygen atoms in total. The van der Waals surface area contributed by atoms with Crippen LogP contribution < -0.4 is 4.74 Å². The molecule has 0 aliphatic carbocycles. The van der Waals surface area contributed by atoms with Crippen LogP contribution in [0.3, 0.4) is 0 Å². The largest absolute Gasteiger partial charge is 0.494 e. The van der Waals surface area contributed by atoms with Gasteiger partial charge in [-0.3, -0.25) is 0 Å². The van der Waals surface area contributed by atoms with Gasteiger partial charge in [0.25, 0.3) is 6.43 Å². The molecule has 16 heavy (non-hydrogen) atoms. The monoisotopic (exact) mass is 245 g/mol. The summed E-state index contributed by atoms with van der Waals surface area (Å²) in [7, 11) is 0.847. The van der Waals surface area contributed by atoms with Crippen molar-refractivity contribution < 1.29 is 31.1 Å². The topological polar surface area (TPSA) is 22.1 Å². The molecule has 0 radical (unpaired) electrons. The minimum atomic E-state index is -5.14. The summed E-state index contributed by atoms with van der Waals surface area (Å²) in [4.78, 5) is 2.77. The average molecular weight is 245 g/mol. The van der Waals surface area contributed by atoms with E-state index in [0.717, 1.165) is 7.11 Å². The van der Waals surface area contributed by atoms with Gasteiger partial charge in [-0.2, -0.15) is 17.6 Å². The molecule has 1 rings (SSSR count). The van der Waals surface area contributed by atoms with Gasteiger partial charge in [-0.1, -0.05) is 0 Å². The number of alkyl halides is 5. The molecule has 0 spiro atoms. The van der Waals surface area contributed by atoms with Crippen molar-refractivity contribution in [3.63, 3.8) is 0 Å². The van der Waals surface area contributed by atoms with Crippen LogP contribution in [0.25, 0.3) is 0 Å². The molecule has 0 saturated carbocycles. The number of rotatable bonds is 2. The van der Waals surface area contributed by atoms with E-state index in [2.05, 4.69) is 9.72 Å². The summed E-state index contributed by atoms with van der Waals surface area (Å²) in [5, 5.41) is 0. The van der Waals surface area contributed by atoms with Crippen LogP contribution in [0.15, 0.2) is 6.20 Å². The van der Waals surface area contributed by atoms with Crippen LogP contribution in [0.2, 0.25) is 0 Å². The normalized spacial score (nSPS) is 12.0. The van der Waals surface area contributed by atoms with E-state index in [4.69, 9.17) is 0 Å². The summed E-state index contributed by atoms with van der Waals surface area (Å²) in [6.07, 6.45) is -8.36. The maximum absolute atomic E-state index is 12.8. The summed E-state index contributed by atoms with van der Waals surface area (Å²) >= 11 is 0. The summed E-state index contributed by atoms with van der Waals surface area (Å²) in [5.41, 5.74) is -3.63. The fraction of sp³-hybridized carbons (Fsp3) is 0.375. The highest BCUT2D eigenvalue weighted by atomic mass is 19.4. The van der Waals surface area contributed by atoms with E-state index in [1.54, 1.807) is 0 Å². The fourth-order valence-corrected chi connectivity index (χ4v) is 1.13. The Kier molecular flexibility index (Phi) is 3.30. The molecule has 0 aliphatic heterocycles. The van der Waals surface area contributed by atoms with E-state index in [9.17, 15) is 26.3 Å². The smallest absolute Gasteiger partial charge is 0.420 e. The van der Waals surface area contributed by atoms with Gasteiger partial charge in [0.1, 0.15) is 11.3 Å². The lowest BCUT2D eigenvalue weighted by Crippen LogP contribution is -2.14. The van der Waals surface area contributed by atoms with E-state index in [1.807, 2.05) is 0 Å². The molecule has 0 atom stereocenters. The zero-order chi connectivity index (χ0) is 12.5. The number of hydrogen-bond acceptors (Lipinski definition) is 2. The van der Waals surface area contributed by atoms with Crippen molar-refractivity contribution in [1.29, 1.82) is 0 Å². The molecule has 1 aromatic rings. The fourth-order valence-electron chi connectivity index (χ4n) is 1.13. The van der Waals surface area contributed by atoms with Crippen molar-refractivity contribution in [2.75, 3.05) is 7.11 Å². The van der Waals surface area contributed by atoms with Gasteiger partial charge in [0.05, 0.1) is 18.9 Å². The predicted molar refractivity (Wildman–Crippen MR) is 40.7 cm³/mol. The molecule has 0 saturated heterocycles. The van der Waals surface area contributed by atoms with Crippen LogP contribution >= 0.6 is 0 Å². The maximum atomic E-state index is 12.8. The van der Waals surface area contributed by atoms with Gasteiger partial charge in [-0.25, -0.2) is 13.8 Å². The molecule has 1 aromatic heterocycles. The van der Waals surface area contributed by atoms with E-state index >= 15 is 0 Å². The van der Waals surface area contributed by atoms with E-state index < -0.39 is 35.4 Å². The summed E-state index contributed by atoms with van der Waals surface area (Å²) < 4.78 is 78.9. The minimum absolute atomic E-state index is 0.407. The molecule has 0 amide bonds. The third kappa shape index (κ3) is 2.20. The van der Waals surface area contributed by atoms with Gasteiger partial charge < -0.3 is 4.74 Å². The van der Waals surface area contributed by atoms with Gasteiger partial charge in [-0.15, -0.1) is 0 Å². The second kappa shape index (κ2) is 4.18. The Balaban J connectivity index is 3.56. The number of hydrogen-bond donors (Lipinski definition) is 0. The SMILES string of the molecule is COc1cnc(F)c(C(F)F)c1C(F)(F)F. The second-order valence-electron chi connectivity index (χ2n) is 2.70. The average Bonchev–Trinajstić information content (AvgIpc) is 2.15. The third-order valence-corrected chi connectivity index (χ3v) is 1.75. The van der Waals surface area contributed by atoms with Crippen LogP contribution in [0.5, 0.6) is 5.75 Å². The lowest BCUT2D eigenvalue weighted by Gasteiger charge is -2.15. The van der Waals surface area contributed by atoms with Crippen LogP contribution in [-0.4, -0.2) is 12.1 Å². The molecule has 1 heterocycles. The van der Waals surface area contributed by atoms with Gasteiger partial charge in [0, 0.05) is 0 Å². The molecule has 0 fully saturated rings. The lowest BCUT2D eigenvalue weighted by molar-refractivity contribution is -0.141. The molecule has 0 aliphatic rings. The van der Waals surface area contributed by atoms with Gasteiger partial charge in [-0.05, 0) is 0 Å². The Morgan fingerprint density at radius 1 is 1.31 bits per heavy atom. The van der Waals surface area contributed by atoms with Gasteiger partial charge in [0.15, 0.2) is 0 Å². The highest BCUT2D eigenvalue weighted by Crippen LogP contribution is 2.42. The van der Waals surface area contributed by atoms with Crippen molar-refractivity contribution in [1.82, 2.24) is 4.98 Å². The van der Waals surface area contributed by atoms with Crippen molar-refractivity contribution in [3.8, 4) is 5.75 Å². The molecule has 0 bridgehead atoms. The predicted octanol–water partition coefficient (Wildman–Crippen LogP) is 3.19. The minimum Gasteiger partial charge on any atom is -0.494 e. The van der Waals surface area contributed by atoms with Crippen LogP contribution in [0, 0.1) is 5.95 Å². The van der Waals surface area contributed by atoms with Crippen molar-refractivity contribution in [2.45, 2.75) is 12.6 Å². The highest BCUT2D eigenvalue weighted by molar-refractivity contribution is 5.40. The molecule has 0 aromatic carbocycles. The van der Waals surface area contributed by atoms with Gasteiger partial charge >= 0.3 is 6.18 Å². The Morgan fingerprint density at radius 2 is 1.88 bits per heavy atom. The Morgan fingerprint density at radius 3 is 2.25 bits per heavy atom. The first-order chi connectivity index (χ1) is 7.29. The Hall–Kier alpha value is -1.47. The van der Waals surface area contributed by atoms with E-state index in [0.29, 0.717) is 6.20 Å². The number of aromatic nitrogens is 1. The van der Waals surface area contributed by atoms with Crippen molar-refractivity contribution >= 4 is 0 Å². The number of methoxy groups -OCH3 is 1. The van der Waals surface area contributed by atoms with Gasteiger partial charge in [0.2, 0.25) is 5.95 Å². The number of halogens is 6. The summed E-state index contributed by atoms with van der Waals surface area (Å²) in [6, 6.07) is 0. The number of pyridine rings is 1. The second-order valence-corrected chi connectivity index (χ2v) is 2.70. The molecular formula is C8H5F6NO. The third-order valence-electron chi connectivity index (χ3n) is 1.75. The molecule has 0 N–H and O–H groups in total. The number of nitrogens with zero attached hydrogens (tertiary/aromatic N) is 1. The molecular weight excluding hydrogens is 240 g/mol. The zero-order valence-corrected chi connectivity index (χ0v) is 7.78. The van der Waals surface area contributed by atoms with E-state index in [1.165, 1.54) is 0 Å². The van der Waals surface area contributed by atoms with Crippen LogP contribution in [0.1, 0.15) is 17.6 Å². The lowest BCUT2D eigenvalue weighted by atomic mass is 10.1. The summed E-state index contributed by atoms with van der Waals surface area (Å²) in [5.74, 6) is -2.80. The van der Waals surface area contributed by atoms with E-state index in [-0.39, 0.29) is 0 Å². The first-order valence-corrected chi connectivity index (χ1v) is 3.86. The Labute approximate surface area is 85.9 Å². The maximum Gasteiger partial charge on any atom is 0.420 e.